The highest BCUT2D eigenvalue weighted by atomic mass is 127. The van der Waals surface area contributed by atoms with Crippen LogP contribution in [0.25, 0.3) is 0 Å². The van der Waals surface area contributed by atoms with Gasteiger partial charge in [0.15, 0.2) is 5.96 Å². The molecule has 0 radical (unpaired) electrons. The predicted molar refractivity (Wildman–Crippen MR) is 94.9 cm³/mol. The van der Waals surface area contributed by atoms with Gasteiger partial charge in [0.25, 0.3) is 0 Å². The third-order valence-electron chi connectivity index (χ3n) is 3.72. The molecule has 1 aliphatic rings. The summed E-state index contributed by atoms with van der Waals surface area (Å²) in [4.78, 5) is 5.63. The highest BCUT2D eigenvalue weighted by Gasteiger charge is 2.32. The maximum absolute atomic E-state index is 12.3. The molecule has 2 N–H and O–H groups in total. The summed E-state index contributed by atoms with van der Waals surface area (Å²) in [6.45, 7) is 4.11. The van der Waals surface area contributed by atoms with Crippen LogP contribution in [0.15, 0.2) is 4.99 Å². The zero-order valence-corrected chi connectivity index (χ0v) is 15.7. The minimum Gasteiger partial charge on any atom is -0.356 e. The lowest BCUT2D eigenvalue weighted by atomic mass is 9.93. The molecule has 0 aliphatic carbocycles. The molecule has 0 aromatic carbocycles. The zero-order chi connectivity index (χ0) is 15.7. The lowest BCUT2D eigenvalue weighted by Crippen LogP contribution is -2.41. The monoisotopic (exact) mass is 436 g/mol. The van der Waals surface area contributed by atoms with Gasteiger partial charge in [-0.15, -0.1) is 24.0 Å². The summed E-state index contributed by atoms with van der Waals surface area (Å²) in [5.74, 6) is 1.30. The fourth-order valence-electron chi connectivity index (χ4n) is 2.55. The smallest absolute Gasteiger partial charge is 0.356 e. The van der Waals surface area contributed by atoms with E-state index in [0.717, 1.165) is 44.7 Å². The predicted octanol–water partition coefficient (Wildman–Crippen LogP) is 2.84. The van der Waals surface area contributed by atoms with Gasteiger partial charge in [-0.3, -0.25) is 9.89 Å². The Kier molecular flexibility index (Phi) is 11.2. The number of rotatable bonds is 6. The van der Waals surface area contributed by atoms with Gasteiger partial charge in [0, 0.05) is 20.1 Å². The summed E-state index contributed by atoms with van der Waals surface area (Å²) in [5.41, 5.74) is 0. The normalized spacial score (nSPS) is 18.0. The highest BCUT2D eigenvalue weighted by Crippen LogP contribution is 2.23. The summed E-state index contributed by atoms with van der Waals surface area (Å²) in [7, 11) is 1.74. The SMILES string of the molecule is CCCNC(=NC)NCCC1CCN(CC(F)(F)F)CC1.I. The molecule has 0 unspecified atom stereocenters. The fourth-order valence-corrected chi connectivity index (χ4v) is 2.55. The van der Waals surface area contributed by atoms with Crippen LogP contribution in [0.1, 0.15) is 32.6 Å². The van der Waals surface area contributed by atoms with Crippen molar-refractivity contribution in [2.45, 2.75) is 38.8 Å². The topological polar surface area (TPSA) is 39.7 Å². The van der Waals surface area contributed by atoms with E-state index in [1.54, 1.807) is 7.05 Å². The van der Waals surface area contributed by atoms with Crippen LogP contribution in [0, 0.1) is 5.92 Å². The van der Waals surface area contributed by atoms with Crippen molar-refractivity contribution >= 4 is 29.9 Å². The van der Waals surface area contributed by atoms with Crippen molar-refractivity contribution in [2.24, 2.45) is 10.9 Å². The molecule has 0 saturated carbocycles. The van der Waals surface area contributed by atoms with Gasteiger partial charge < -0.3 is 10.6 Å². The Hall–Kier alpha value is -0.250. The second kappa shape index (κ2) is 11.3. The summed E-state index contributed by atoms with van der Waals surface area (Å²) in [6, 6.07) is 0. The molecule has 132 valence electrons. The van der Waals surface area contributed by atoms with Gasteiger partial charge in [-0.25, -0.2) is 0 Å². The lowest BCUT2D eigenvalue weighted by Gasteiger charge is -2.32. The van der Waals surface area contributed by atoms with Crippen molar-refractivity contribution in [3.05, 3.63) is 0 Å². The van der Waals surface area contributed by atoms with Crippen LogP contribution in [0.2, 0.25) is 0 Å². The number of hydrogen-bond acceptors (Lipinski definition) is 2. The van der Waals surface area contributed by atoms with E-state index in [4.69, 9.17) is 0 Å². The van der Waals surface area contributed by atoms with E-state index in [9.17, 15) is 13.2 Å². The number of halogens is 4. The van der Waals surface area contributed by atoms with Crippen molar-refractivity contribution in [1.29, 1.82) is 0 Å². The Labute approximate surface area is 148 Å². The molecule has 1 saturated heterocycles. The van der Waals surface area contributed by atoms with Gasteiger partial charge in [0.05, 0.1) is 6.54 Å². The van der Waals surface area contributed by atoms with Gasteiger partial charge in [-0.1, -0.05) is 6.92 Å². The van der Waals surface area contributed by atoms with Crippen LogP contribution in [0.4, 0.5) is 13.2 Å². The van der Waals surface area contributed by atoms with E-state index >= 15 is 0 Å². The molecule has 0 aromatic rings. The highest BCUT2D eigenvalue weighted by molar-refractivity contribution is 14.0. The van der Waals surface area contributed by atoms with Crippen LogP contribution >= 0.6 is 24.0 Å². The first-order chi connectivity index (χ1) is 9.94. The Balaban J connectivity index is 0.00000441. The molecule has 0 aromatic heterocycles. The molecule has 1 heterocycles. The molecule has 0 spiro atoms. The first-order valence-corrected chi connectivity index (χ1v) is 7.68. The number of piperidine rings is 1. The number of aliphatic imine (C=N–C) groups is 1. The summed E-state index contributed by atoms with van der Waals surface area (Å²) < 4.78 is 36.9. The maximum Gasteiger partial charge on any atom is 0.401 e. The van der Waals surface area contributed by atoms with E-state index in [-0.39, 0.29) is 24.0 Å². The third kappa shape index (κ3) is 9.70. The van der Waals surface area contributed by atoms with Gasteiger partial charge in [0.1, 0.15) is 0 Å². The standard InChI is InChI=1S/C14H27F3N4.HI/c1-3-7-19-13(18-2)20-8-4-12-5-9-21(10-6-12)11-14(15,16)17;/h12H,3-11H2,1-2H3,(H2,18,19,20);1H. The first-order valence-electron chi connectivity index (χ1n) is 7.68. The van der Waals surface area contributed by atoms with Gasteiger partial charge in [0.2, 0.25) is 0 Å². The number of alkyl halides is 3. The fraction of sp³-hybridized carbons (Fsp3) is 0.929. The van der Waals surface area contributed by atoms with Crippen LogP contribution in [-0.4, -0.2) is 56.8 Å². The molecule has 1 rings (SSSR count). The second-order valence-electron chi connectivity index (χ2n) is 5.55. The molecule has 0 amide bonds. The average Bonchev–Trinajstić information content (AvgIpc) is 2.43. The van der Waals surface area contributed by atoms with Crippen molar-refractivity contribution in [3.63, 3.8) is 0 Å². The number of likely N-dealkylation sites (tertiary alicyclic amines) is 1. The van der Waals surface area contributed by atoms with E-state index in [0.29, 0.717) is 19.0 Å². The Morgan fingerprint density at radius 3 is 2.27 bits per heavy atom. The largest absolute Gasteiger partial charge is 0.401 e. The molecular formula is C14H28F3IN4. The number of nitrogens with one attached hydrogen (secondary N) is 2. The van der Waals surface area contributed by atoms with Crippen LogP contribution in [-0.2, 0) is 0 Å². The van der Waals surface area contributed by atoms with E-state index in [1.807, 2.05) is 0 Å². The summed E-state index contributed by atoms with van der Waals surface area (Å²) >= 11 is 0. The average molecular weight is 436 g/mol. The molecule has 1 fully saturated rings. The number of hydrogen-bond donors (Lipinski definition) is 2. The molecule has 8 heteroatoms. The molecule has 1 aliphatic heterocycles. The van der Waals surface area contributed by atoms with E-state index in [1.165, 1.54) is 4.90 Å². The summed E-state index contributed by atoms with van der Waals surface area (Å²) in [6.07, 6.45) is -0.367. The van der Waals surface area contributed by atoms with Gasteiger partial charge in [-0.2, -0.15) is 13.2 Å². The molecular weight excluding hydrogens is 408 g/mol. The number of guanidine groups is 1. The lowest BCUT2D eigenvalue weighted by molar-refractivity contribution is -0.148. The molecule has 4 nitrogen and oxygen atoms in total. The van der Waals surface area contributed by atoms with Crippen LogP contribution in [0.3, 0.4) is 0 Å². The Morgan fingerprint density at radius 1 is 1.18 bits per heavy atom. The van der Waals surface area contributed by atoms with Gasteiger partial charge >= 0.3 is 6.18 Å². The van der Waals surface area contributed by atoms with Crippen LogP contribution < -0.4 is 10.6 Å². The van der Waals surface area contributed by atoms with E-state index < -0.39 is 12.7 Å². The third-order valence-corrected chi connectivity index (χ3v) is 3.72. The first kappa shape index (κ1) is 21.8. The zero-order valence-electron chi connectivity index (χ0n) is 13.4. The number of nitrogens with zero attached hydrogens (tertiary/aromatic N) is 2. The van der Waals surface area contributed by atoms with Crippen molar-refractivity contribution < 1.29 is 13.2 Å². The van der Waals surface area contributed by atoms with Crippen molar-refractivity contribution in [2.75, 3.05) is 39.8 Å². The van der Waals surface area contributed by atoms with Crippen LogP contribution in [0.5, 0.6) is 0 Å². The molecule has 22 heavy (non-hydrogen) atoms. The van der Waals surface area contributed by atoms with Crippen molar-refractivity contribution in [3.8, 4) is 0 Å². The Bertz CT molecular complexity index is 316. The van der Waals surface area contributed by atoms with Gasteiger partial charge in [-0.05, 0) is 44.7 Å². The Morgan fingerprint density at radius 2 is 1.77 bits per heavy atom. The second-order valence-corrected chi connectivity index (χ2v) is 5.55. The molecule has 0 bridgehead atoms. The minimum absolute atomic E-state index is 0. The quantitative estimate of drug-likeness (QED) is 0.382. The maximum atomic E-state index is 12.3. The molecule has 0 atom stereocenters. The van der Waals surface area contributed by atoms with E-state index in [2.05, 4.69) is 22.5 Å². The van der Waals surface area contributed by atoms with Crippen molar-refractivity contribution in [1.82, 2.24) is 15.5 Å². The minimum atomic E-state index is -4.08. The summed E-state index contributed by atoms with van der Waals surface area (Å²) in [5, 5.41) is 6.44.